The molecule has 0 amide bonds. The van der Waals surface area contributed by atoms with Crippen molar-refractivity contribution in [3.05, 3.63) is 70.1 Å². The highest BCUT2D eigenvalue weighted by Gasteiger charge is 2.22. The van der Waals surface area contributed by atoms with Gasteiger partial charge in [0.15, 0.2) is 11.5 Å². The molecule has 3 aliphatic heterocycles. The molecule has 2 aromatic carbocycles. The van der Waals surface area contributed by atoms with Crippen LogP contribution in [0.25, 0.3) is 26.6 Å². The Hall–Kier alpha value is -3.85. The molecule has 0 saturated carbocycles. The highest BCUT2D eigenvalue weighted by molar-refractivity contribution is 7.20. The van der Waals surface area contributed by atoms with E-state index >= 15 is 0 Å². The first kappa shape index (κ1) is 18.0. The number of rotatable bonds is 3. The first-order valence-electron chi connectivity index (χ1n) is 9.63. The molecular weight excluding hydrogens is 416 g/mol. The molecule has 0 radical (unpaired) electrons. The van der Waals surface area contributed by atoms with Crippen molar-refractivity contribution < 1.29 is 14.6 Å². The molecule has 0 saturated heterocycles. The molecule has 9 heteroatoms. The molecule has 0 unspecified atom stereocenters. The number of benzene rings is 2. The lowest BCUT2D eigenvalue weighted by molar-refractivity contribution is -0.279. The molecule has 3 aromatic rings. The Balaban J connectivity index is 1.46. The van der Waals surface area contributed by atoms with E-state index in [1.54, 1.807) is 11.5 Å². The second-order valence-electron chi connectivity index (χ2n) is 7.28. The predicted molar refractivity (Wildman–Crippen MR) is 113 cm³/mol. The lowest BCUT2D eigenvalue weighted by Gasteiger charge is -2.22. The van der Waals surface area contributed by atoms with E-state index in [9.17, 15) is 9.90 Å². The average molecular weight is 431 g/mol. The van der Waals surface area contributed by atoms with Crippen molar-refractivity contribution in [1.29, 1.82) is 0 Å². The summed E-state index contributed by atoms with van der Waals surface area (Å²) >= 11 is 1.39. The van der Waals surface area contributed by atoms with Crippen LogP contribution in [-0.4, -0.2) is 26.1 Å². The van der Waals surface area contributed by atoms with E-state index in [0.29, 0.717) is 40.1 Å². The van der Waals surface area contributed by atoms with E-state index in [-0.39, 0.29) is 18.2 Å². The zero-order valence-corrected chi connectivity index (χ0v) is 17.2. The largest absolute Gasteiger partial charge is 0.860 e. The maximum Gasteiger partial charge on any atom is 0.284 e. The Morgan fingerprint density at radius 2 is 1.97 bits per heavy atom. The molecule has 1 aromatic heterocycles. The number of nitrogens with zero attached hydrogens (tertiary/aromatic N) is 4. The normalized spacial score (nSPS) is 12.8. The minimum atomic E-state index is -0.286. The minimum Gasteiger partial charge on any atom is -0.860 e. The molecular formula is C22H15N4O4S-. The average Bonchev–Trinajstić information content (AvgIpc) is 3.47. The highest BCUT2D eigenvalue weighted by atomic mass is 32.1. The number of hydrogen-bond donors (Lipinski definition) is 0. The SMILES string of the molecule is Cc1c2c(=O)n(-c3nc4ccccc4s3)nc-2cc([O-])n1Cc1ccc2c(c1)OCO2. The number of pyridine rings is 1. The van der Waals surface area contributed by atoms with E-state index in [1.807, 2.05) is 42.5 Å². The Bertz CT molecular complexity index is 1470. The van der Waals surface area contributed by atoms with Gasteiger partial charge in [0, 0.05) is 12.2 Å². The molecule has 0 atom stereocenters. The molecule has 4 heterocycles. The third-order valence-corrected chi connectivity index (χ3v) is 6.42. The van der Waals surface area contributed by atoms with Crippen LogP contribution < -0.4 is 20.1 Å². The van der Waals surface area contributed by atoms with Crippen LogP contribution in [0.15, 0.2) is 53.3 Å². The molecule has 8 nitrogen and oxygen atoms in total. The molecule has 0 N–H and O–H groups in total. The van der Waals surface area contributed by atoms with Gasteiger partial charge in [-0.3, -0.25) is 4.79 Å². The van der Waals surface area contributed by atoms with Gasteiger partial charge in [-0.15, -0.1) is 0 Å². The number of para-hydroxylation sites is 1. The van der Waals surface area contributed by atoms with E-state index in [0.717, 1.165) is 15.8 Å². The van der Waals surface area contributed by atoms with Gasteiger partial charge >= 0.3 is 0 Å². The topological polar surface area (TPSA) is 94.2 Å². The van der Waals surface area contributed by atoms with Crippen molar-refractivity contribution in [2.24, 2.45) is 0 Å². The van der Waals surface area contributed by atoms with Crippen LogP contribution in [0.3, 0.4) is 0 Å². The van der Waals surface area contributed by atoms with Crippen molar-refractivity contribution in [3.8, 4) is 33.8 Å². The molecule has 0 aliphatic carbocycles. The summed E-state index contributed by atoms with van der Waals surface area (Å²) in [6.45, 7) is 2.26. The van der Waals surface area contributed by atoms with Crippen LogP contribution in [0.1, 0.15) is 11.3 Å². The molecule has 31 heavy (non-hydrogen) atoms. The summed E-state index contributed by atoms with van der Waals surface area (Å²) in [7, 11) is 0. The standard InChI is InChI=1S/C22H16N4O4S/c1-12-20-15(24-26(21(20)28)22-23-14-4-2-3-5-18(14)31-22)9-19(27)25(12)10-13-6-7-16-17(8-13)30-11-29-16/h2-9,27H,10-11H2,1H3/p-1. The van der Waals surface area contributed by atoms with Crippen LogP contribution in [0.4, 0.5) is 0 Å². The summed E-state index contributed by atoms with van der Waals surface area (Å²) in [5.41, 5.74) is 2.75. The zero-order chi connectivity index (χ0) is 21.1. The summed E-state index contributed by atoms with van der Waals surface area (Å²) < 4.78 is 14.6. The van der Waals surface area contributed by atoms with Crippen molar-refractivity contribution in [3.63, 3.8) is 0 Å². The van der Waals surface area contributed by atoms with Gasteiger partial charge in [-0.1, -0.05) is 29.5 Å². The first-order chi connectivity index (χ1) is 15.1. The van der Waals surface area contributed by atoms with Gasteiger partial charge in [0.25, 0.3) is 5.56 Å². The van der Waals surface area contributed by atoms with E-state index in [4.69, 9.17) is 9.47 Å². The van der Waals surface area contributed by atoms with Crippen molar-refractivity contribution in [1.82, 2.24) is 19.3 Å². The first-order valence-corrected chi connectivity index (χ1v) is 10.4. The molecule has 0 bridgehead atoms. The van der Waals surface area contributed by atoms with Gasteiger partial charge in [-0.25, -0.2) is 4.98 Å². The number of thiazole rings is 1. The maximum atomic E-state index is 13.2. The summed E-state index contributed by atoms with van der Waals surface area (Å²) in [6, 6.07) is 14.6. The van der Waals surface area contributed by atoms with Crippen LogP contribution in [0, 0.1) is 6.92 Å². The number of fused-ring (bicyclic) bond motifs is 3. The van der Waals surface area contributed by atoms with Crippen LogP contribution >= 0.6 is 11.3 Å². The summed E-state index contributed by atoms with van der Waals surface area (Å²) in [4.78, 5) is 17.7. The van der Waals surface area contributed by atoms with E-state index in [2.05, 4.69) is 10.1 Å². The van der Waals surface area contributed by atoms with Gasteiger partial charge < -0.3 is 19.1 Å². The monoisotopic (exact) mass is 431 g/mol. The quantitative estimate of drug-likeness (QED) is 0.436. The fraction of sp³-hybridized carbons (Fsp3) is 0.136. The fourth-order valence-electron chi connectivity index (χ4n) is 3.85. The van der Waals surface area contributed by atoms with Gasteiger partial charge in [0.2, 0.25) is 11.9 Å². The fourth-order valence-corrected chi connectivity index (χ4v) is 4.77. The van der Waals surface area contributed by atoms with Crippen LogP contribution in [-0.2, 0) is 6.54 Å². The van der Waals surface area contributed by atoms with Gasteiger partial charge in [-0.05, 0) is 48.7 Å². The summed E-state index contributed by atoms with van der Waals surface area (Å²) in [5, 5.41) is 17.7. The number of ether oxygens (including phenoxy) is 2. The summed E-state index contributed by atoms with van der Waals surface area (Å²) in [6.07, 6.45) is 0. The van der Waals surface area contributed by atoms with Crippen molar-refractivity contribution in [2.75, 3.05) is 6.79 Å². The van der Waals surface area contributed by atoms with E-state index in [1.165, 1.54) is 22.1 Å². The highest BCUT2D eigenvalue weighted by Crippen LogP contribution is 2.34. The lowest BCUT2D eigenvalue weighted by atomic mass is 10.1. The number of hydrogen-bond acceptors (Lipinski definition) is 7. The van der Waals surface area contributed by atoms with Gasteiger partial charge in [0.1, 0.15) is 0 Å². The molecule has 6 rings (SSSR count). The minimum absolute atomic E-state index is 0.189. The number of aromatic nitrogens is 4. The second kappa shape index (κ2) is 6.58. The molecule has 154 valence electrons. The van der Waals surface area contributed by atoms with E-state index < -0.39 is 0 Å². The molecule has 0 spiro atoms. The molecule has 0 fully saturated rings. The Kier molecular flexibility index (Phi) is 3.81. The third kappa shape index (κ3) is 2.77. The smallest absolute Gasteiger partial charge is 0.284 e. The van der Waals surface area contributed by atoms with Gasteiger partial charge in [-0.2, -0.15) is 9.78 Å². The maximum absolute atomic E-state index is 13.2. The third-order valence-electron chi connectivity index (χ3n) is 5.40. The summed E-state index contributed by atoms with van der Waals surface area (Å²) in [5.74, 6) is 1.11. The van der Waals surface area contributed by atoms with Gasteiger partial charge in [0.05, 0.1) is 21.5 Å². The Morgan fingerprint density at radius 3 is 2.84 bits per heavy atom. The van der Waals surface area contributed by atoms with Crippen molar-refractivity contribution >= 4 is 21.6 Å². The Labute approximate surface area is 179 Å². The van der Waals surface area contributed by atoms with Crippen LogP contribution in [0.2, 0.25) is 0 Å². The molecule has 3 aliphatic rings. The predicted octanol–water partition coefficient (Wildman–Crippen LogP) is 2.91. The zero-order valence-electron chi connectivity index (χ0n) is 16.4. The Morgan fingerprint density at radius 1 is 1.13 bits per heavy atom. The van der Waals surface area contributed by atoms with Crippen molar-refractivity contribution in [2.45, 2.75) is 13.5 Å². The van der Waals surface area contributed by atoms with Crippen LogP contribution in [0.5, 0.6) is 17.4 Å². The second-order valence-corrected chi connectivity index (χ2v) is 8.29. The lowest BCUT2D eigenvalue weighted by Crippen LogP contribution is -2.18.